The summed E-state index contributed by atoms with van der Waals surface area (Å²) in [7, 11) is 0. The van der Waals surface area contributed by atoms with Gasteiger partial charge in [0.25, 0.3) is 0 Å². The molecule has 0 bridgehead atoms. The molecule has 0 heterocycles. The lowest BCUT2D eigenvalue weighted by atomic mass is 10.0. The van der Waals surface area contributed by atoms with E-state index in [-0.39, 0.29) is 37.5 Å². The topological polar surface area (TPSA) is 78.9 Å². The van der Waals surface area contributed by atoms with E-state index in [0.29, 0.717) is 12.8 Å². The summed E-state index contributed by atoms with van der Waals surface area (Å²) in [6.07, 6.45) is 100. The van der Waals surface area contributed by atoms with Crippen molar-refractivity contribution in [3.8, 4) is 0 Å². The molecule has 0 N–H and O–H groups in total. The Bertz CT molecular complexity index is 1800. The van der Waals surface area contributed by atoms with Gasteiger partial charge in [-0.1, -0.05) is 289 Å². The molecule has 1 unspecified atom stereocenters. The second kappa shape index (κ2) is 69.8. The number of esters is 3. The maximum Gasteiger partial charge on any atom is 0.306 e. The van der Waals surface area contributed by atoms with Gasteiger partial charge in [-0.25, -0.2) is 0 Å². The third-order valence-electron chi connectivity index (χ3n) is 14.3. The Kier molecular flexibility index (Phi) is 65.8. The Morgan fingerprint density at radius 3 is 0.747 bits per heavy atom. The monoisotopic (exact) mass is 1150 g/mol. The Labute approximate surface area is 512 Å². The van der Waals surface area contributed by atoms with E-state index in [1.165, 1.54) is 116 Å². The van der Waals surface area contributed by atoms with Crippen LogP contribution in [0.25, 0.3) is 0 Å². The minimum atomic E-state index is -0.812. The highest BCUT2D eigenvalue weighted by molar-refractivity contribution is 5.71. The van der Waals surface area contributed by atoms with E-state index < -0.39 is 6.10 Å². The number of rotatable bonds is 61. The molecular weight excluding hydrogens is 1020 g/mol. The van der Waals surface area contributed by atoms with Crippen LogP contribution in [0.4, 0.5) is 0 Å². The van der Waals surface area contributed by atoms with Gasteiger partial charge in [0.15, 0.2) is 6.10 Å². The zero-order valence-corrected chi connectivity index (χ0v) is 53.9. The first-order valence-electron chi connectivity index (χ1n) is 34.3. The molecule has 0 aliphatic rings. The zero-order valence-electron chi connectivity index (χ0n) is 53.9. The average molecular weight is 1150 g/mol. The highest BCUT2D eigenvalue weighted by atomic mass is 16.6. The zero-order chi connectivity index (χ0) is 59.9. The summed E-state index contributed by atoms with van der Waals surface area (Å²) in [6, 6.07) is 0. The molecule has 0 spiro atoms. The molecule has 0 saturated heterocycles. The molecule has 6 heteroatoms. The number of allylic oxidation sites excluding steroid dienone is 24. The van der Waals surface area contributed by atoms with Gasteiger partial charge >= 0.3 is 17.9 Å². The molecule has 0 aromatic rings. The number of carbonyl (C=O) groups is 3. The van der Waals surface area contributed by atoms with Crippen LogP contribution in [0.5, 0.6) is 0 Å². The summed E-state index contributed by atoms with van der Waals surface area (Å²) in [5, 5.41) is 0. The van der Waals surface area contributed by atoms with E-state index in [1.54, 1.807) is 0 Å². The van der Waals surface area contributed by atoms with Gasteiger partial charge in [-0.15, -0.1) is 0 Å². The van der Waals surface area contributed by atoms with Crippen molar-refractivity contribution < 1.29 is 28.6 Å². The fourth-order valence-electron chi connectivity index (χ4n) is 9.23. The van der Waals surface area contributed by atoms with E-state index in [0.717, 1.165) is 148 Å². The first-order valence-corrected chi connectivity index (χ1v) is 34.3. The number of ether oxygens (including phenoxy) is 3. The van der Waals surface area contributed by atoms with Gasteiger partial charge in [0, 0.05) is 19.3 Å². The maximum atomic E-state index is 12.9. The Morgan fingerprint density at radius 1 is 0.253 bits per heavy atom. The summed E-state index contributed by atoms with van der Waals surface area (Å²) in [5.74, 6) is -0.956. The third-order valence-corrected chi connectivity index (χ3v) is 14.3. The van der Waals surface area contributed by atoms with E-state index in [2.05, 4.69) is 167 Å². The largest absolute Gasteiger partial charge is 0.462 e. The molecule has 0 aliphatic heterocycles. The number of hydrogen-bond acceptors (Lipinski definition) is 6. The molecule has 0 radical (unpaired) electrons. The van der Waals surface area contributed by atoms with E-state index in [1.807, 2.05) is 0 Å². The molecule has 0 amide bonds. The van der Waals surface area contributed by atoms with E-state index in [4.69, 9.17) is 14.2 Å². The molecule has 470 valence electrons. The molecule has 0 aromatic heterocycles. The standard InChI is InChI=1S/C77H126O6/c1-4-7-10-13-16-19-22-25-27-29-31-33-35-36-37-38-39-40-42-43-45-47-49-52-55-58-61-64-67-70-76(79)82-73-74(72-81-75(78)69-66-63-60-57-54-51-24-21-18-15-12-9-6-3)83-77(80)71-68-65-62-59-56-53-50-48-46-44-41-34-32-30-28-26-23-20-17-14-11-8-5-2/h8-9,11-12,17-18,20-22,25-26,28-29,31-32,34-36,44,46,50-51,53-54,74H,4-7,10,13-16,19,23-24,27,30,33,37-43,45,47-49,52,55-73H2,1-3H3/b11-8-,12-9-,20-17-,21-18-,25-22-,28-26-,31-29-,34-32-,36-35-,46-44-,53-50-,54-51-. The summed E-state index contributed by atoms with van der Waals surface area (Å²) in [6.45, 7) is 6.36. The predicted octanol–water partition coefficient (Wildman–Crippen LogP) is 23.9. The Hall–Kier alpha value is -4.71. The fourth-order valence-corrected chi connectivity index (χ4v) is 9.23. The predicted molar refractivity (Wildman–Crippen MR) is 362 cm³/mol. The van der Waals surface area contributed by atoms with Gasteiger partial charge in [0.1, 0.15) is 13.2 Å². The second-order valence-electron chi connectivity index (χ2n) is 22.3. The van der Waals surface area contributed by atoms with E-state index >= 15 is 0 Å². The van der Waals surface area contributed by atoms with Gasteiger partial charge in [-0.2, -0.15) is 0 Å². The summed E-state index contributed by atoms with van der Waals surface area (Å²) in [5.41, 5.74) is 0. The molecule has 0 aromatic carbocycles. The SMILES string of the molecule is CC/C=C\C/C=C\C/C=C\C/C=C\C/C=C\C/C=C\CCCCCCC(=O)OC(COC(=O)CCCCC/C=C\C/C=C\C/C=C\CC)COC(=O)CCCCCCCCCCCCCCCC/C=C\C/C=C\C/C=C\CCCCCCC. The van der Waals surface area contributed by atoms with Crippen LogP contribution >= 0.6 is 0 Å². The van der Waals surface area contributed by atoms with Crippen LogP contribution in [0.3, 0.4) is 0 Å². The summed E-state index contributed by atoms with van der Waals surface area (Å²) < 4.78 is 16.9. The van der Waals surface area contributed by atoms with Crippen LogP contribution in [-0.2, 0) is 28.6 Å². The van der Waals surface area contributed by atoms with Gasteiger partial charge < -0.3 is 14.2 Å². The molecule has 0 saturated carbocycles. The van der Waals surface area contributed by atoms with Crippen molar-refractivity contribution in [1.82, 2.24) is 0 Å². The van der Waals surface area contributed by atoms with Crippen molar-refractivity contribution >= 4 is 17.9 Å². The number of hydrogen-bond donors (Lipinski definition) is 0. The van der Waals surface area contributed by atoms with Crippen molar-refractivity contribution in [2.75, 3.05) is 13.2 Å². The van der Waals surface area contributed by atoms with Gasteiger partial charge in [-0.05, 0) is 141 Å². The first kappa shape index (κ1) is 78.3. The lowest BCUT2D eigenvalue weighted by Crippen LogP contribution is -2.30. The summed E-state index contributed by atoms with van der Waals surface area (Å²) >= 11 is 0. The molecule has 0 aliphatic carbocycles. The molecule has 83 heavy (non-hydrogen) atoms. The fraction of sp³-hybridized carbons (Fsp3) is 0.649. The first-order chi connectivity index (χ1) is 41.0. The highest BCUT2D eigenvalue weighted by Crippen LogP contribution is 2.16. The molecule has 6 nitrogen and oxygen atoms in total. The van der Waals surface area contributed by atoms with Crippen LogP contribution in [-0.4, -0.2) is 37.2 Å². The normalized spacial score (nSPS) is 13.0. The van der Waals surface area contributed by atoms with E-state index in [9.17, 15) is 14.4 Å². The summed E-state index contributed by atoms with van der Waals surface area (Å²) in [4.78, 5) is 38.4. The molecule has 0 rings (SSSR count). The van der Waals surface area contributed by atoms with Crippen LogP contribution in [0.1, 0.15) is 303 Å². The van der Waals surface area contributed by atoms with Crippen LogP contribution < -0.4 is 0 Å². The molecule has 0 fully saturated rings. The van der Waals surface area contributed by atoms with Crippen molar-refractivity contribution in [2.45, 2.75) is 309 Å². The quantitative estimate of drug-likeness (QED) is 0.0261. The third kappa shape index (κ3) is 68.0. The smallest absolute Gasteiger partial charge is 0.306 e. The minimum absolute atomic E-state index is 0.103. The van der Waals surface area contributed by atoms with Crippen molar-refractivity contribution in [3.05, 3.63) is 146 Å². The van der Waals surface area contributed by atoms with Crippen molar-refractivity contribution in [3.63, 3.8) is 0 Å². The lowest BCUT2D eigenvalue weighted by Gasteiger charge is -2.18. The van der Waals surface area contributed by atoms with Crippen LogP contribution in [0.2, 0.25) is 0 Å². The number of carbonyl (C=O) groups excluding carboxylic acids is 3. The van der Waals surface area contributed by atoms with Gasteiger partial charge in [-0.3, -0.25) is 14.4 Å². The lowest BCUT2D eigenvalue weighted by molar-refractivity contribution is -0.167. The van der Waals surface area contributed by atoms with Gasteiger partial charge in [0.05, 0.1) is 0 Å². The molecule has 1 atom stereocenters. The van der Waals surface area contributed by atoms with Crippen LogP contribution in [0.15, 0.2) is 146 Å². The Morgan fingerprint density at radius 2 is 0.470 bits per heavy atom. The van der Waals surface area contributed by atoms with Crippen LogP contribution in [0, 0.1) is 0 Å². The average Bonchev–Trinajstić information content (AvgIpc) is 3.49. The highest BCUT2D eigenvalue weighted by Gasteiger charge is 2.19. The van der Waals surface area contributed by atoms with Gasteiger partial charge in [0.2, 0.25) is 0 Å². The van der Waals surface area contributed by atoms with Crippen molar-refractivity contribution in [2.24, 2.45) is 0 Å². The number of unbranched alkanes of at least 4 members (excludes halogenated alkanes) is 26. The second-order valence-corrected chi connectivity index (χ2v) is 22.3. The van der Waals surface area contributed by atoms with Crippen molar-refractivity contribution in [1.29, 1.82) is 0 Å². The Balaban J connectivity index is 4.35. The minimum Gasteiger partial charge on any atom is -0.462 e. The molecular formula is C77H126O6. The maximum absolute atomic E-state index is 12.9.